The lowest BCUT2D eigenvalue weighted by molar-refractivity contribution is -0.150. The van der Waals surface area contributed by atoms with E-state index < -0.39 is 0 Å². The van der Waals surface area contributed by atoms with Crippen LogP contribution >= 0.6 is 0 Å². The Balaban J connectivity index is 0.780. The van der Waals surface area contributed by atoms with Gasteiger partial charge in [0.2, 0.25) is 0 Å². The molecule has 0 bridgehead atoms. The first-order valence-corrected chi connectivity index (χ1v) is 24.4. The second kappa shape index (κ2) is 23.8. The lowest BCUT2D eigenvalue weighted by Crippen LogP contribution is -2.45. The molecule has 7 rings (SSSR count). The van der Waals surface area contributed by atoms with E-state index in [1.807, 2.05) is 72.8 Å². The number of ether oxygens (including phenoxy) is 8. The van der Waals surface area contributed by atoms with Crippen molar-refractivity contribution < 1.29 is 47.5 Å². The molecular formula is C54H72O10. The summed E-state index contributed by atoms with van der Waals surface area (Å²) in [5.41, 5.74) is 1.57. The van der Waals surface area contributed by atoms with Crippen molar-refractivity contribution in [3.63, 3.8) is 0 Å². The van der Waals surface area contributed by atoms with Gasteiger partial charge in [0, 0.05) is 24.0 Å². The summed E-state index contributed by atoms with van der Waals surface area (Å²) in [4.78, 5) is 26.8. The molecule has 64 heavy (non-hydrogen) atoms. The molecule has 4 aromatic carbocycles. The largest absolute Gasteiger partial charge is 0.494 e. The van der Waals surface area contributed by atoms with Gasteiger partial charge in [-0.3, -0.25) is 0 Å². The minimum absolute atomic E-state index is 0.0971. The smallest absolute Gasteiger partial charge is 0.338 e. The zero-order valence-corrected chi connectivity index (χ0v) is 38.7. The lowest BCUT2D eigenvalue weighted by atomic mass is 9.83. The molecule has 2 saturated heterocycles. The van der Waals surface area contributed by atoms with Crippen LogP contribution in [0.15, 0.2) is 72.8 Å². The molecule has 1 saturated carbocycles. The first-order chi connectivity index (χ1) is 31.3. The Kier molecular flexibility index (Phi) is 17.8. The zero-order chi connectivity index (χ0) is 44.6. The molecule has 2 aliphatic heterocycles. The van der Waals surface area contributed by atoms with Crippen molar-refractivity contribution >= 4 is 33.5 Å². The number of carbonyl (C=O) groups excluding carboxylic acids is 2. The van der Waals surface area contributed by atoms with Gasteiger partial charge < -0.3 is 37.9 Å². The summed E-state index contributed by atoms with van der Waals surface area (Å²) >= 11 is 0. The Bertz CT molecular complexity index is 2080. The van der Waals surface area contributed by atoms with Gasteiger partial charge in [-0.15, -0.1) is 0 Å². The average Bonchev–Trinajstić information content (AvgIpc) is 3.29. The maximum atomic E-state index is 13.4. The van der Waals surface area contributed by atoms with E-state index in [0.29, 0.717) is 43.6 Å². The minimum Gasteiger partial charge on any atom is -0.494 e. The number of benzene rings is 4. The molecule has 10 heteroatoms. The fourth-order valence-corrected chi connectivity index (χ4v) is 9.03. The highest BCUT2D eigenvalue weighted by atomic mass is 16.6. The van der Waals surface area contributed by atoms with Gasteiger partial charge in [-0.05, 0) is 153 Å². The SMILES string of the molecule is CC[C@H]1C[C@@H](OC(=O)c2ccc3cc(OCCCCCCOCC4(CC)COC4)ccc3c2)CC[C@@H]1OC(=O)c1ccc2cc(OCCCCCCOCC3(CC)COC3)ccc2c1. The topological polar surface area (TPSA) is 108 Å². The fraction of sp³-hybridized carbons (Fsp3) is 0.593. The van der Waals surface area contributed by atoms with Crippen molar-refractivity contribution in [2.24, 2.45) is 16.7 Å². The lowest BCUT2D eigenvalue weighted by Gasteiger charge is -2.40. The summed E-state index contributed by atoms with van der Waals surface area (Å²) in [6.45, 7) is 14.4. The Morgan fingerprint density at radius 1 is 0.547 bits per heavy atom. The molecule has 0 amide bonds. The molecule has 4 aromatic rings. The molecule has 1 aliphatic carbocycles. The molecule has 3 fully saturated rings. The molecular weight excluding hydrogens is 809 g/mol. The molecule has 0 unspecified atom stereocenters. The van der Waals surface area contributed by atoms with Gasteiger partial charge in [0.25, 0.3) is 0 Å². The molecule has 348 valence electrons. The molecule has 2 heterocycles. The van der Waals surface area contributed by atoms with Crippen LogP contribution in [0, 0.1) is 16.7 Å². The summed E-state index contributed by atoms with van der Waals surface area (Å²) in [6.07, 6.45) is 13.1. The zero-order valence-electron chi connectivity index (χ0n) is 38.7. The summed E-state index contributed by atoms with van der Waals surface area (Å²) < 4.78 is 46.9. The number of fused-ring (bicyclic) bond motifs is 2. The van der Waals surface area contributed by atoms with Gasteiger partial charge >= 0.3 is 11.9 Å². The summed E-state index contributed by atoms with van der Waals surface area (Å²) in [7, 11) is 0. The van der Waals surface area contributed by atoms with E-state index in [1.165, 1.54) is 0 Å². The van der Waals surface area contributed by atoms with Crippen molar-refractivity contribution in [2.75, 3.05) is 66.1 Å². The van der Waals surface area contributed by atoms with E-state index in [-0.39, 0.29) is 40.9 Å². The summed E-state index contributed by atoms with van der Waals surface area (Å²) in [5.74, 6) is 1.11. The number of hydrogen-bond acceptors (Lipinski definition) is 10. The Morgan fingerprint density at radius 2 is 1.00 bits per heavy atom. The highest BCUT2D eigenvalue weighted by Crippen LogP contribution is 2.35. The summed E-state index contributed by atoms with van der Waals surface area (Å²) in [5, 5.41) is 3.96. The molecule has 0 radical (unpaired) electrons. The number of hydrogen-bond donors (Lipinski definition) is 0. The van der Waals surface area contributed by atoms with Gasteiger partial charge in [-0.25, -0.2) is 9.59 Å². The number of unbranched alkanes of at least 4 members (excludes halogenated alkanes) is 6. The first-order valence-electron chi connectivity index (χ1n) is 24.4. The number of carbonyl (C=O) groups is 2. The molecule has 3 aliphatic rings. The second-order valence-electron chi connectivity index (χ2n) is 18.7. The van der Waals surface area contributed by atoms with Gasteiger partial charge in [0.05, 0.1) is 64.0 Å². The van der Waals surface area contributed by atoms with Crippen LogP contribution in [-0.4, -0.2) is 90.2 Å². The van der Waals surface area contributed by atoms with Gasteiger partial charge in [0.15, 0.2) is 0 Å². The maximum absolute atomic E-state index is 13.4. The maximum Gasteiger partial charge on any atom is 0.338 e. The van der Waals surface area contributed by atoms with Crippen molar-refractivity contribution in [3.05, 3.63) is 83.9 Å². The third kappa shape index (κ3) is 13.2. The van der Waals surface area contributed by atoms with Crippen LogP contribution in [0.4, 0.5) is 0 Å². The van der Waals surface area contributed by atoms with Crippen LogP contribution in [-0.2, 0) is 28.4 Å². The van der Waals surface area contributed by atoms with Crippen LogP contribution in [0.3, 0.4) is 0 Å². The van der Waals surface area contributed by atoms with Crippen LogP contribution in [0.2, 0.25) is 0 Å². The normalized spacial score (nSPS) is 20.0. The van der Waals surface area contributed by atoms with E-state index in [4.69, 9.17) is 37.9 Å². The monoisotopic (exact) mass is 881 g/mol. The van der Waals surface area contributed by atoms with Crippen LogP contribution < -0.4 is 9.47 Å². The second-order valence-corrected chi connectivity index (χ2v) is 18.7. The molecule has 3 atom stereocenters. The number of esters is 2. The van der Waals surface area contributed by atoms with E-state index in [1.54, 1.807) is 0 Å². The molecule has 0 N–H and O–H groups in total. The van der Waals surface area contributed by atoms with Gasteiger partial charge in [-0.1, -0.05) is 57.9 Å². The van der Waals surface area contributed by atoms with Crippen LogP contribution in [0.25, 0.3) is 21.5 Å². The third-order valence-corrected chi connectivity index (χ3v) is 13.9. The van der Waals surface area contributed by atoms with Gasteiger partial charge in [0.1, 0.15) is 23.7 Å². The predicted octanol–water partition coefficient (Wildman–Crippen LogP) is 11.7. The summed E-state index contributed by atoms with van der Waals surface area (Å²) in [6, 6.07) is 23.3. The minimum atomic E-state index is -0.327. The first kappa shape index (κ1) is 47.7. The quantitative estimate of drug-likeness (QED) is 0.0424. The standard InChI is InChI=1S/C54H72O10/c1-4-40-31-49(63-51(55)45-17-15-43-32-47(21-19-41(43)29-45)61-27-13-9-7-11-25-57-34-53(5-2)36-59-37-53)23-24-50(40)64-52(56)46-18-16-44-33-48(22-20-42(44)30-46)62-28-14-10-8-12-26-58-35-54(6-3)38-60-39-54/h15-22,29-30,32-33,40,49-50H,4-14,23-28,31,34-39H2,1-3H3/t40-,49-,50-/m0/s1. The number of rotatable bonds is 27. The van der Waals surface area contributed by atoms with E-state index >= 15 is 0 Å². The highest BCUT2D eigenvalue weighted by Gasteiger charge is 2.38. The molecule has 0 spiro atoms. The van der Waals surface area contributed by atoms with Crippen molar-refractivity contribution in [1.29, 1.82) is 0 Å². The Labute approximate surface area is 380 Å². The molecule has 0 aromatic heterocycles. The third-order valence-electron chi connectivity index (χ3n) is 13.9. The van der Waals surface area contributed by atoms with Crippen LogP contribution in [0.5, 0.6) is 11.5 Å². The highest BCUT2D eigenvalue weighted by molar-refractivity contribution is 5.96. The Hall–Kier alpha value is -4.22. The van der Waals surface area contributed by atoms with Crippen molar-refractivity contribution in [2.45, 2.75) is 123 Å². The fourth-order valence-electron chi connectivity index (χ4n) is 9.03. The Morgan fingerprint density at radius 3 is 1.45 bits per heavy atom. The van der Waals surface area contributed by atoms with E-state index in [2.05, 4.69) is 20.8 Å². The average molecular weight is 881 g/mol. The van der Waals surface area contributed by atoms with Crippen molar-refractivity contribution in [3.8, 4) is 11.5 Å². The predicted molar refractivity (Wildman–Crippen MR) is 251 cm³/mol. The van der Waals surface area contributed by atoms with Gasteiger partial charge in [-0.2, -0.15) is 0 Å². The van der Waals surface area contributed by atoms with E-state index in [9.17, 15) is 9.59 Å². The molecule has 10 nitrogen and oxygen atoms in total. The van der Waals surface area contributed by atoms with Crippen LogP contribution in [0.1, 0.15) is 131 Å². The van der Waals surface area contributed by atoms with E-state index in [0.717, 1.165) is 157 Å². The van der Waals surface area contributed by atoms with Crippen molar-refractivity contribution in [1.82, 2.24) is 0 Å².